The molecule has 1 aliphatic heterocycles. The largest absolute Gasteiger partial charge is 0.342 e. The van der Waals surface area contributed by atoms with Gasteiger partial charge in [-0.25, -0.2) is 4.98 Å². The highest BCUT2D eigenvalue weighted by atomic mass is 16.6. The minimum absolute atomic E-state index is 0.0718. The van der Waals surface area contributed by atoms with Gasteiger partial charge >= 0.3 is 0 Å². The summed E-state index contributed by atoms with van der Waals surface area (Å²) in [6.07, 6.45) is 1.05. The summed E-state index contributed by atoms with van der Waals surface area (Å²) in [5, 5.41) is 10.8. The monoisotopic (exact) mass is 275 g/mol. The third kappa shape index (κ3) is 2.20. The van der Waals surface area contributed by atoms with E-state index in [1.807, 2.05) is 6.92 Å². The van der Waals surface area contributed by atoms with Crippen molar-refractivity contribution in [3.63, 3.8) is 0 Å². The van der Waals surface area contributed by atoms with Gasteiger partial charge in [-0.15, -0.1) is 0 Å². The summed E-state index contributed by atoms with van der Waals surface area (Å²) < 4.78 is 0. The van der Waals surface area contributed by atoms with E-state index in [1.165, 1.54) is 12.1 Å². The molecule has 3 N–H and O–H groups in total. The predicted molar refractivity (Wildman–Crippen MR) is 76.7 cm³/mol. The summed E-state index contributed by atoms with van der Waals surface area (Å²) in [6, 6.07) is 4.84. The van der Waals surface area contributed by atoms with Crippen molar-refractivity contribution in [1.82, 2.24) is 9.97 Å². The van der Waals surface area contributed by atoms with Crippen LogP contribution in [-0.4, -0.2) is 34.0 Å². The van der Waals surface area contributed by atoms with Crippen LogP contribution in [0.3, 0.4) is 0 Å². The lowest BCUT2D eigenvalue weighted by Gasteiger charge is -2.16. The molecule has 20 heavy (non-hydrogen) atoms. The van der Waals surface area contributed by atoms with E-state index in [0.29, 0.717) is 11.4 Å². The maximum Gasteiger partial charge on any atom is 0.271 e. The Hall–Kier alpha value is -2.15. The van der Waals surface area contributed by atoms with Crippen molar-refractivity contribution in [3.05, 3.63) is 28.3 Å². The Morgan fingerprint density at radius 2 is 2.40 bits per heavy atom. The molecule has 0 bridgehead atoms. The molecule has 2 unspecified atom stereocenters. The van der Waals surface area contributed by atoms with Crippen LogP contribution in [-0.2, 0) is 0 Å². The maximum absolute atomic E-state index is 10.8. The lowest BCUT2D eigenvalue weighted by molar-refractivity contribution is -0.384. The number of nitrogens with two attached hydrogens (primary N) is 1. The van der Waals surface area contributed by atoms with E-state index in [0.717, 1.165) is 31.0 Å². The van der Waals surface area contributed by atoms with Gasteiger partial charge in [0.25, 0.3) is 5.69 Å². The summed E-state index contributed by atoms with van der Waals surface area (Å²) in [4.78, 5) is 20.2. The van der Waals surface area contributed by atoms with Crippen LogP contribution in [0.5, 0.6) is 0 Å². The molecule has 0 aliphatic carbocycles. The molecule has 0 radical (unpaired) electrons. The first-order valence-corrected chi connectivity index (χ1v) is 6.69. The van der Waals surface area contributed by atoms with Crippen molar-refractivity contribution in [3.8, 4) is 0 Å². The molecule has 1 fully saturated rings. The number of fused-ring (bicyclic) bond motifs is 1. The third-order valence-electron chi connectivity index (χ3n) is 3.93. The van der Waals surface area contributed by atoms with Gasteiger partial charge in [-0.3, -0.25) is 10.1 Å². The molecule has 2 heterocycles. The van der Waals surface area contributed by atoms with Crippen LogP contribution in [0, 0.1) is 16.0 Å². The lowest BCUT2D eigenvalue weighted by atomic mass is 10.0. The van der Waals surface area contributed by atoms with Crippen molar-refractivity contribution in [2.24, 2.45) is 11.7 Å². The SMILES string of the molecule is CC(N)C1CCN(c2nc3ccc([N+](=O)[O-])cc3[nH]2)C1. The minimum Gasteiger partial charge on any atom is -0.342 e. The van der Waals surface area contributed by atoms with Gasteiger partial charge in [0.15, 0.2) is 0 Å². The molecule has 1 aliphatic rings. The molecule has 106 valence electrons. The Morgan fingerprint density at radius 1 is 1.60 bits per heavy atom. The Balaban J connectivity index is 1.88. The predicted octanol–water partition coefficient (Wildman–Crippen LogP) is 1.64. The number of nitro benzene ring substituents is 1. The highest BCUT2D eigenvalue weighted by Gasteiger charge is 2.27. The number of imidazole rings is 1. The van der Waals surface area contributed by atoms with E-state index in [-0.39, 0.29) is 11.7 Å². The molecule has 7 heteroatoms. The fraction of sp³-hybridized carbons (Fsp3) is 0.462. The molecule has 0 spiro atoms. The molecule has 0 saturated carbocycles. The molecule has 1 aromatic carbocycles. The number of non-ortho nitro benzene ring substituents is 1. The number of aromatic nitrogens is 2. The Kier molecular flexibility index (Phi) is 3.06. The van der Waals surface area contributed by atoms with Crippen LogP contribution >= 0.6 is 0 Å². The van der Waals surface area contributed by atoms with Gasteiger partial charge in [-0.2, -0.15) is 0 Å². The van der Waals surface area contributed by atoms with Crippen LogP contribution in [0.25, 0.3) is 11.0 Å². The van der Waals surface area contributed by atoms with E-state index < -0.39 is 4.92 Å². The molecule has 1 aromatic heterocycles. The maximum atomic E-state index is 10.8. The van der Waals surface area contributed by atoms with E-state index in [9.17, 15) is 10.1 Å². The van der Waals surface area contributed by atoms with E-state index >= 15 is 0 Å². The molecule has 3 rings (SSSR count). The number of aromatic amines is 1. The normalized spacial score (nSPS) is 20.5. The zero-order valence-electron chi connectivity index (χ0n) is 11.2. The van der Waals surface area contributed by atoms with Gasteiger partial charge in [-0.1, -0.05) is 0 Å². The van der Waals surface area contributed by atoms with Crippen molar-refractivity contribution in [2.75, 3.05) is 18.0 Å². The number of H-pyrrole nitrogens is 1. The van der Waals surface area contributed by atoms with Gasteiger partial charge in [0.2, 0.25) is 5.95 Å². The fourth-order valence-corrected chi connectivity index (χ4v) is 2.66. The summed E-state index contributed by atoms with van der Waals surface area (Å²) in [5.41, 5.74) is 7.44. The van der Waals surface area contributed by atoms with Gasteiger partial charge in [0, 0.05) is 31.3 Å². The van der Waals surface area contributed by atoms with Crippen LogP contribution in [0.2, 0.25) is 0 Å². The van der Waals surface area contributed by atoms with E-state index in [2.05, 4.69) is 14.9 Å². The number of anilines is 1. The van der Waals surface area contributed by atoms with Gasteiger partial charge < -0.3 is 15.6 Å². The summed E-state index contributed by atoms with van der Waals surface area (Å²) in [7, 11) is 0. The number of benzene rings is 1. The second kappa shape index (κ2) is 4.75. The van der Waals surface area contributed by atoms with Gasteiger partial charge in [0.1, 0.15) is 0 Å². The van der Waals surface area contributed by atoms with E-state index in [4.69, 9.17) is 5.73 Å². The Bertz CT molecular complexity index is 651. The Labute approximate surface area is 115 Å². The fourth-order valence-electron chi connectivity index (χ4n) is 2.66. The number of hydrogen-bond donors (Lipinski definition) is 2. The molecule has 7 nitrogen and oxygen atoms in total. The first kappa shape index (κ1) is 12.9. The summed E-state index contributed by atoms with van der Waals surface area (Å²) in [6.45, 7) is 3.81. The second-order valence-corrected chi connectivity index (χ2v) is 5.37. The number of nitro groups is 1. The average molecular weight is 275 g/mol. The molecular weight excluding hydrogens is 258 g/mol. The van der Waals surface area contributed by atoms with Gasteiger partial charge in [-0.05, 0) is 25.3 Å². The lowest BCUT2D eigenvalue weighted by Crippen LogP contribution is -2.30. The van der Waals surface area contributed by atoms with Crippen molar-refractivity contribution >= 4 is 22.7 Å². The van der Waals surface area contributed by atoms with Crippen molar-refractivity contribution < 1.29 is 4.92 Å². The topological polar surface area (TPSA) is 101 Å². The number of nitrogens with zero attached hydrogens (tertiary/aromatic N) is 3. The van der Waals surface area contributed by atoms with Crippen LogP contribution < -0.4 is 10.6 Å². The average Bonchev–Trinajstić information content (AvgIpc) is 3.04. The van der Waals surface area contributed by atoms with Crippen molar-refractivity contribution in [2.45, 2.75) is 19.4 Å². The zero-order chi connectivity index (χ0) is 14.3. The molecule has 2 atom stereocenters. The third-order valence-corrected chi connectivity index (χ3v) is 3.93. The first-order chi connectivity index (χ1) is 9.54. The van der Waals surface area contributed by atoms with Gasteiger partial charge in [0.05, 0.1) is 16.0 Å². The molecule has 1 saturated heterocycles. The van der Waals surface area contributed by atoms with Crippen molar-refractivity contribution in [1.29, 1.82) is 0 Å². The number of rotatable bonds is 3. The first-order valence-electron chi connectivity index (χ1n) is 6.69. The minimum atomic E-state index is -0.401. The summed E-state index contributed by atoms with van der Waals surface area (Å²) in [5.74, 6) is 1.24. The molecule has 0 amide bonds. The van der Waals surface area contributed by atoms with Crippen LogP contribution in [0.15, 0.2) is 18.2 Å². The number of hydrogen-bond acceptors (Lipinski definition) is 5. The molecular formula is C13H17N5O2. The smallest absolute Gasteiger partial charge is 0.271 e. The quantitative estimate of drug-likeness (QED) is 0.655. The standard InChI is InChI=1S/C13H17N5O2/c1-8(14)9-4-5-17(7-9)13-15-11-3-2-10(18(19)20)6-12(11)16-13/h2-3,6,8-9H,4-5,7,14H2,1H3,(H,15,16). The molecule has 2 aromatic rings. The zero-order valence-corrected chi connectivity index (χ0v) is 11.2. The number of nitrogens with one attached hydrogen (secondary N) is 1. The highest BCUT2D eigenvalue weighted by Crippen LogP contribution is 2.26. The van der Waals surface area contributed by atoms with Crippen LogP contribution in [0.1, 0.15) is 13.3 Å². The highest BCUT2D eigenvalue weighted by molar-refractivity contribution is 5.80. The Morgan fingerprint density at radius 3 is 3.05 bits per heavy atom. The van der Waals surface area contributed by atoms with Crippen LogP contribution in [0.4, 0.5) is 11.6 Å². The van der Waals surface area contributed by atoms with E-state index in [1.54, 1.807) is 6.07 Å². The second-order valence-electron chi connectivity index (χ2n) is 5.37. The summed E-state index contributed by atoms with van der Waals surface area (Å²) >= 11 is 0.